The van der Waals surface area contributed by atoms with E-state index >= 15 is 0 Å². The molecule has 0 amide bonds. The summed E-state index contributed by atoms with van der Waals surface area (Å²) in [5.41, 5.74) is 0.0411. The van der Waals surface area contributed by atoms with Gasteiger partial charge < -0.3 is 5.11 Å². The van der Waals surface area contributed by atoms with Crippen LogP contribution in [-0.4, -0.2) is 30.0 Å². The monoisotopic (exact) mass is 259 g/mol. The molecule has 1 N–H and O–H groups in total. The van der Waals surface area contributed by atoms with Crippen molar-refractivity contribution in [1.29, 1.82) is 0 Å². The zero-order valence-corrected chi connectivity index (χ0v) is 10.2. The molecule has 17 heavy (non-hydrogen) atoms. The number of sulfone groups is 1. The molecule has 0 aromatic heterocycles. The molecule has 0 aliphatic heterocycles. The predicted molar refractivity (Wildman–Crippen MR) is 62.4 cm³/mol. The number of rotatable bonds is 4. The van der Waals surface area contributed by atoms with Gasteiger partial charge in [0.1, 0.15) is 0 Å². The first-order valence-electron chi connectivity index (χ1n) is 4.84. The van der Waals surface area contributed by atoms with Crippen LogP contribution in [0.5, 0.6) is 0 Å². The van der Waals surface area contributed by atoms with Gasteiger partial charge in [0.05, 0.1) is 16.3 Å². The molecule has 0 spiro atoms. The zero-order chi connectivity index (χ0) is 13.2. The smallest absolute Gasteiger partial charge is 0.269 e. The van der Waals surface area contributed by atoms with Crippen LogP contribution < -0.4 is 0 Å². The Labute approximate surface area is 99.0 Å². The third kappa shape index (κ3) is 3.24. The Balaban J connectivity index is 3.09. The summed E-state index contributed by atoms with van der Waals surface area (Å²) in [6.45, 7) is 1.36. The van der Waals surface area contributed by atoms with E-state index in [0.717, 1.165) is 6.26 Å². The van der Waals surface area contributed by atoms with E-state index in [1.54, 1.807) is 0 Å². The van der Waals surface area contributed by atoms with E-state index in [2.05, 4.69) is 0 Å². The molecule has 0 aliphatic rings. The van der Waals surface area contributed by atoms with Crippen molar-refractivity contribution in [3.05, 3.63) is 39.9 Å². The van der Waals surface area contributed by atoms with Gasteiger partial charge in [0, 0.05) is 18.4 Å². The molecule has 0 saturated heterocycles. The average molecular weight is 259 g/mol. The van der Waals surface area contributed by atoms with Gasteiger partial charge in [-0.2, -0.15) is 0 Å². The van der Waals surface area contributed by atoms with E-state index < -0.39 is 26.1 Å². The number of hydrogen-bond donors (Lipinski definition) is 1. The van der Waals surface area contributed by atoms with Crippen LogP contribution in [0.4, 0.5) is 5.69 Å². The first-order valence-corrected chi connectivity index (χ1v) is 6.80. The maximum atomic E-state index is 11.3. The predicted octanol–water partition coefficient (Wildman–Crippen LogP) is 1.06. The van der Waals surface area contributed by atoms with Gasteiger partial charge >= 0.3 is 0 Å². The highest BCUT2D eigenvalue weighted by Crippen LogP contribution is 2.24. The lowest BCUT2D eigenvalue weighted by Gasteiger charge is -2.17. The van der Waals surface area contributed by atoms with Crippen molar-refractivity contribution >= 4 is 15.5 Å². The maximum absolute atomic E-state index is 11.3. The van der Waals surface area contributed by atoms with Crippen LogP contribution in [-0.2, 0) is 9.84 Å². The molecular weight excluding hydrogens is 246 g/mol. The zero-order valence-electron chi connectivity index (χ0n) is 9.40. The Kier molecular flexibility index (Phi) is 3.84. The minimum Gasteiger partial charge on any atom is -0.387 e. The fraction of sp³-hybridized carbons (Fsp3) is 0.400. The molecule has 0 fully saturated rings. The Bertz CT molecular complexity index is 525. The first kappa shape index (κ1) is 13.6. The molecule has 94 valence electrons. The summed E-state index contributed by atoms with van der Waals surface area (Å²) in [6.07, 6.45) is -0.261. The van der Waals surface area contributed by atoms with E-state index in [4.69, 9.17) is 0 Å². The topological polar surface area (TPSA) is 97.5 Å². The van der Waals surface area contributed by atoms with Crippen molar-refractivity contribution in [2.45, 2.75) is 18.3 Å². The van der Waals surface area contributed by atoms with Crippen LogP contribution in [0.2, 0.25) is 0 Å². The summed E-state index contributed by atoms with van der Waals surface area (Å²) < 4.78 is 22.5. The molecule has 0 aliphatic carbocycles. The van der Waals surface area contributed by atoms with Crippen molar-refractivity contribution in [1.82, 2.24) is 0 Å². The number of nitrogens with zero attached hydrogens (tertiary/aromatic N) is 1. The van der Waals surface area contributed by atoms with Crippen LogP contribution in [0.3, 0.4) is 0 Å². The van der Waals surface area contributed by atoms with Crippen LogP contribution in [0.1, 0.15) is 18.6 Å². The van der Waals surface area contributed by atoms with Gasteiger partial charge in [0.25, 0.3) is 5.69 Å². The summed E-state index contributed by atoms with van der Waals surface area (Å²) >= 11 is 0. The van der Waals surface area contributed by atoms with Crippen LogP contribution in [0, 0.1) is 10.1 Å². The SMILES string of the molecule is C[C@H]([C@@H](O)c1cccc([N+](=O)[O-])c1)S(C)(=O)=O. The maximum Gasteiger partial charge on any atom is 0.269 e. The number of aliphatic hydroxyl groups is 1. The lowest BCUT2D eigenvalue weighted by molar-refractivity contribution is -0.385. The molecule has 0 saturated carbocycles. The Morgan fingerprint density at radius 2 is 2.00 bits per heavy atom. The molecule has 0 bridgehead atoms. The standard InChI is InChI=1S/C10H13NO5S/c1-7(17(2,15)16)10(12)8-4-3-5-9(6-8)11(13)14/h3-7,10,12H,1-2H3/t7-,10-/m1/s1. The molecule has 0 heterocycles. The highest BCUT2D eigenvalue weighted by atomic mass is 32.2. The minimum absolute atomic E-state index is 0.178. The second-order valence-electron chi connectivity index (χ2n) is 3.83. The van der Waals surface area contributed by atoms with Gasteiger partial charge in [-0.15, -0.1) is 0 Å². The fourth-order valence-corrected chi connectivity index (χ4v) is 1.95. The molecule has 0 radical (unpaired) electrons. The molecule has 0 unspecified atom stereocenters. The summed E-state index contributed by atoms with van der Waals surface area (Å²) in [7, 11) is -3.40. The Morgan fingerprint density at radius 1 is 1.41 bits per heavy atom. The van der Waals surface area contributed by atoms with Crippen LogP contribution >= 0.6 is 0 Å². The number of aliphatic hydroxyl groups excluding tert-OH is 1. The molecule has 1 aromatic rings. The van der Waals surface area contributed by atoms with Crippen LogP contribution in [0.25, 0.3) is 0 Å². The fourth-order valence-electron chi connectivity index (χ4n) is 1.33. The second kappa shape index (κ2) is 4.80. The number of nitro benzene ring substituents is 1. The Hall–Kier alpha value is -1.47. The highest BCUT2D eigenvalue weighted by Gasteiger charge is 2.26. The number of non-ortho nitro benzene ring substituents is 1. The molecular formula is C10H13NO5S. The quantitative estimate of drug-likeness (QED) is 0.644. The van der Waals surface area contributed by atoms with E-state index in [-0.39, 0.29) is 11.3 Å². The van der Waals surface area contributed by atoms with Crippen molar-refractivity contribution in [3.63, 3.8) is 0 Å². The van der Waals surface area contributed by atoms with Gasteiger partial charge in [-0.05, 0) is 12.5 Å². The summed E-state index contributed by atoms with van der Waals surface area (Å²) in [5.74, 6) is 0. The lowest BCUT2D eigenvalue weighted by Crippen LogP contribution is -2.24. The van der Waals surface area contributed by atoms with Gasteiger partial charge in [-0.1, -0.05) is 12.1 Å². The summed E-state index contributed by atoms with van der Waals surface area (Å²) in [6, 6.07) is 5.32. The van der Waals surface area contributed by atoms with Crippen molar-refractivity contribution in [2.24, 2.45) is 0 Å². The lowest BCUT2D eigenvalue weighted by atomic mass is 10.1. The minimum atomic E-state index is -3.40. The molecule has 7 heteroatoms. The summed E-state index contributed by atoms with van der Waals surface area (Å²) in [4.78, 5) is 9.95. The van der Waals surface area contributed by atoms with E-state index in [1.807, 2.05) is 0 Å². The highest BCUT2D eigenvalue weighted by molar-refractivity contribution is 7.91. The molecule has 6 nitrogen and oxygen atoms in total. The van der Waals surface area contributed by atoms with Gasteiger partial charge in [0.2, 0.25) is 0 Å². The first-order chi connectivity index (χ1) is 7.73. The van der Waals surface area contributed by atoms with Crippen molar-refractivity contribution in [2.75, 3.05) is 6.26 Å². The third-order valence-electron chi connectivity index (χ3n) is 2.54. The third-order valence-corrected chi connectivity index (χ3v) is 4.15. The largest absolute Gasteiger partial charge is 0.387 e. The van der Waals surface area contributed by atoms with Crippen LogP contribution in [0.15, 0.2) is 24.3 Å². The van der Waals surface area contributed by atoms with Gasteiger partial charge in [0.15, 0.2) is 9.84 Å². The number of benzene rings is 1. The van der Waals surface area contributed by atoms with Gasteiger partial charge in [-0.3, -0.25) is 10.1 Å². The molecule has 2 atom stereocenters. The Morgan fingerprint density at radius 3 is 2.47 bits per heavy atom. The molecule has 1 rings (SSSR count). The van der Waals surface area contributed by atoms with E-state index in [9.17, 15) is 23.6 Å². The van der Waals surface area contributed by atoms with Gasteiger partial charge in [-0.25, -0.2) is 8.42 Å². The van der Waals surface area contributed by atoms with Crippen molar-refractivity contribution < 1.29 is 18.4 Å². The number of hydrogen-bond acceptors (Lipinski definition) is 5. The normalized spacial score (nSPS) is 15.2. The summed E-state index contributed by atoms with van der Waals surface area (Å²) in [5, 5.41) is 19.4. The van der Waals surface area contributed by atoms with Crippen molar-refractivity contribution in [3.8, 4) is 0 Å². The van der Waals surface area contributed by atoms with E-state index in [1.165, 1.54) is 31.2 Å². The molecule has 1 aromatic carbocycles. The number of nitro groups is 1. The average Bonchev–Trinajstić information content (AvgIpc) is 2.26. The second-order valence-corrected chi connectivity index (χ2v) is 6.23. The van der Waals surface area contributed by atoms with E-state index in [0.29, 0.717) is 0 Å².